The van der Waals surface area contributed by atoms with Crippen LogP contribution < -0.4 is 22.1 Å². The molecular weight excluding hydrogens is 515 g/mol. The second-order valence-electron chi connectivity index (χ2n) is 7.04. The number of allylic oxidation sites excluding steroid dienone is 3. The topological polar surface area (TPSA) is 162 Å². The fourth-order valence-electron chi connectivity index (χ4n) is 3.17. The third-order valence-electron chi connectivity index (χ3n) is 4.75. The maximum atomic E-state index is 12.0. The molecule has 160 valence electrons. The van der Waals surface area contributed by atoms with Crippen LogP contribution in [0.1, 0.15) is 23.3 Å². The fourth-order valence-corrected chi connectivity index (χ4v) is 5.70. The van der Waals surface area contributed by atoms with Crippen LogP contribution in [0, 0.1) is 0 Å². The Morgan fingerprint density at radius 1 is 1.12 bits per heavy atom. The summed E-state index contributed by atoms with van der Waals surface area (Å²) in [5.41, 5.74) is 13.0. The number of pyridine rings is 2. The number of primary amides is 2. The monoisotopic (exact) mass is 536 g/mol. The summed E-state index contributed by atoms with van der Waals surface area (Å²) in [6.07, 6.45) is 10.1. The fraction of sp³-hybridized carbons (Fsp3) is 0.143. The van der Waals surface area contributed by atoms with Crippen molar-refractivity contribution in [2.75, 3.05) is 10.6 Å². The average molecular weight is 535 g/mol. The van der Waals surface area contributed by atoms with Crippen LogP contribution in [-0.2, 0) is 4.79 Å². The van der Waals surface area contributed by atoms with E-state index in [0.717, 1.165) is 11.9 Å². The molecule has 0 saturated carbocycles. The van der Waals surface area contributed by atoms with Crippen molar-refractivity contribution in [3.05, 3.63) is 62.3 Å². The summed E-state index contributed by atoms with van der Waals surface area (Å²) in [7, 11) is 0. The first-order chi connectivity index (χ1) is 15.5. The van der Waals surface area contributed by atoms with Gasteiger partial charge in [0.15, 0.2) is 0 Å². The molecule has 0 saturated heterocycles. The molecule has 3 aromatic rings. The molecule has 2 radical (unpaired) electrons. The molecular formula is C21H20N8O2Sn. The van der Waals surface area contributed by atoms with Gasteiger partial charge in [-0.15, -0.1) is 0 Å². The first-order valence-corrected chi connectivity index (χ1v) is 12.9. The van der Waals surface area contributed by atoms with E-state index in [1.807, 2.05) is 6.07 Å². The number of nitrogens with two attached hydrogens (primary N) is 2. The summed E-state index contributed by atoms with van der Waals surface area (Å²) in [5, 5.41) is 6.05. The Balaban J connectivity index is 1.55. The van der Waals surface area contributed by atoms with E-state index in [0.29, 0.717) is 23.4 Å². The van der Waals surface area contributed by atoms with Gasteiger partial charge in [0.2, 0.25) is 0 Å². The molecule has 32 heavy (non-hydrogen) atoms. The number of carbonyl (C=O) groups excluding carboxylic acids is 2. The van der Waals surface area contributed by atoms with Crippen LogP contribution in [0.2, 0.25) is 0 Å². The Bertz CT molecular complexity index is 1240. The Labute approximate surface area is 193 Å². The van der Waals surface area contributed by atoms with Crippen molar-refractivity contribution in [1.29, 1.82) is 0 Å². The number of fused-ring (bicyclic) bond motifs is 1. The normalized spacial score (nSPS) is 13.6. The van der Waals surface area contributed by atoms with E-state index in [1.54, 1.807) is 24.5 Å². The number of hydrogen-bond donors (Lipinski definition) is 4. The summed E-state index contributed by atoms with van der Waals surface area (Å²) in [4.78, 5) is 41.0. The van der Waals surface area contributed by atoms with Gasteiger partial charge in [-0.2, -0.15) is 0 Å². The van der Waals surface area contributed by atoms with Gasteiger partial charge in [-0.1, -0.05) is 0 Å². The van der Waals surface area contributed by atoms with E-state index in [-0.39, 0.29) is 11.5 Å². The number of rotatable bonds is 9. The minimum atomic E-state index is -0.739. The standard InChI is InChI=1S/C21H20N8O2.Sn/c1-2-3-4-5-7-15(19(22)30)28-17-12-26-18(20(23)31)21(29-17)27-13-10-16-14(25-11-13)8-6-9-24-16;/h1-3,6,8-12,15H,5,7H2,(H2,22,30)(H2,23,31)(H2,27,28,29);/t15-;/m1./s1. The van der Waals surface area contributed by atoms with Crippen LogP contribution in [0.5, 0.6) is 0 Å². The molecule has 3 aromatic heterocycles. The predicted octanol–water partition coefficient (Wildman–Crippen LogP) is 1.42. The van der Waals surface area contributed by atoms with Gasteiger partial charge < -0.3 is 0 Å². The molecule has 0 unspecified atom stereocenters. The molecule has 1 aliphatic heterocycles. The summed E-state index contributed by atoms with van der Waals surface area (Å²) in [6.45, 7) is 0. The van der Waals surface area contributed by atoms with Crippen molar-refractivity contribution >= 4 is 61.3 Å². The summed E-state index contributed by atoms with van der Waals surface area (Å²) in [5.74, 6) is -0.787. The number of anilines is 3. The van der Waals surface area contributed by atoms with Crippen LogP contribution in [0.3, 0.4) is 0 Å². The first kappa shape index (κ1) is 21.7. The Kier molecular flexibility index (Phi) is 6.59. The SMILES string of the molecule is NC(=O)c1ncc(N[C@H](CC[C]2=CC=[CH][Sn]2)C(N)=O)nc1Nc1cnc2cccnc2c1. The van der Waals surface area contributed by atoms with E-state index in [9.17, 15) is 9.59 Å². The molecule has 6 N–H and O–H groups in total. The molecule has 1 atom stereocenters. The number of nitrogens with zero attached hydrogens (tertiary/aromatic N) is 4. The Morgan fingerprint density at radius 2 is 2.00 bits per heavy atom. The third kappa shape index (κ3) is 5.19. The van der Waals surface area contributed by atoms with E-state index >= 15 is 0 Å². The molecule has 10 nitrogen and oxygen atoms in total. The predicted molar refractivity (Wildman–Crippen MR) is 122 cm³/mol. The zero-order valence-electron chi connectivity index (χ0n) is 16.9. The zero-order chi connectivity index (χ0) is 22.5. The van der Waals surface area contributed by atoms with E-state index in [1.165, 1.54) is 9.79 Å². The van der Waals surface area contributed by atoms with Gasteiger partial charge in [-0.25, -0.2) is 0 Å². The average Bonchev–Trinajstić information content (AvgIpc) is 3.30. The Hall–Kier alpha value is -3.54. The first-order valence-electron chi connectivity index (χ1n) is 9.82. The van der Waals surface area contributed by atoms with Gasteiger partial charge in [0.1, 0.15) is 0 Å². The van der Waals surface area contributed by atoms with Gasteiger partial charge in [-0.3, -0.25) is 4.98 Å². The molecule has 0 fully saturated rings. The molecule has 2 amide bonds. The quantitative estimate of drug-likeness (QED) is 0.299. The van der Waals surface area contributed by atoms with Crippen molar-refractivity contribution < 1.29 is 9.59 Å². The third-order valence-corrected chi connectivity index (χ3v) is 8.02. The number of nitrogens with one attached hydrogen (secondary N) is 2. The van der Waals surface area contributed by atoms with Crippen molar-refractivity contribution in [3.8, 4) is 0 Å². The van der Waals surface area contributed by atoms with Crippen LogP contribution in [0.25, 0.3) is 11.0 Å². The van der Waals surface area contributed by atoms with Gasteiger partial charge in [0.25, 0.3) is 0 Å². The number of hydrogen-bond acceptors (Lipinski definition) is 8. The van der Waals surface area contributed by atoms with Crippen LogP contribution in [-0.4, -0.2) is 58.9 Å². The second kappa shape index (κ2) is 9.73. The maximum absolute atomic E-state index is 12.0. The minimum absolute atomic E-state index is 0.0400. The number of aromatic nitrogens is 4. The molecule has 11 heteroatoms. The van der Waals surface area contributed by atoms with E-state index < -0.39 is 39.0 Å². The van der Waals surface area contributed by atoms with Crippen LogP contribution in [0.4, 0.5) is 17.3 Å². The second-order valence-corrected chi connectivity index (χ2v) is 10.6. The molecule has 0 aromatic carbocycles. The van der Waals surface area contributed by atoms with Crippen LogP contribution >= 0.6 is 0 Å². The van der Waals surface area contributed by atoms with E-state index in [2.05, 4.69) is 46.8 Å². The molecule has 1 aliphatic rings. The summed E-state index contributed by atoms with van der Waals surface area (Å²) >= 11 is -0.625. The van der Waals surface area contributed by atoms with E-state index in [4.69, 9.17) is 11.5 Å². The van der Waals surface area contributed by atoms with Gasteiger partial charge in [0, 0.05) is 6.20 Å². The Morgan fingerprint density at radius 3 is 2.75 bits per heavy atom. The van der Waals surface area contributed by atoms with Crippen LogP contribution in [0.15, 0.2) is 56.6 Å². The summed E-state index contributed by atoms with van der Waals surface area (Å²) < 4.78 is 3.63. The summed E-state index contributed by atoms with van der Waals surface area (Å²) in [6, 6.07) is 4.79. The van der Waals surface area contributed by atoms with Gasteiger partial charge in [0.05, 0.1) is 5.52 Å². The van der Waals surface area contributed by atoms with Gasteiger partial charge >= 0.3 is 165 Å². The van der Waals surface area contributed by atoms with Crippen molar-refractivity contribution in [2.24, 2.45) is 11.5 Å². The van der Waals surface area contributed by atoms with Crippen molar-refractivity contribution in [1.82, 2.24) is 19.9 Å². The zero-order valence-corrected chi connectivity index (χ0v) is 19.8. The van der Waals surface area contributed by atoms with Crippen molar-refractivity contribution in [3.63, 3.8) is 0 Å². The van der Waals surface area contributed by atoms with Gasteiger partial charge in [-0.05, 0) is 12.1 Å². The molecule has 0 bridgehead atoms. The number of amides is 2. The number of carbonyl (C=O) groups is 2. The molecule has 4 rings (SSSR count). The van der Waals surface area contributed by atoms with Crippen molar-refractivity contribution in [2.45, 2.75) is 18.9 Å². The molecule has 0 aliphatic carbocycles. The molecule has 0 spiro atoms. The molecule has 4 heterocycles.